The van der Waals surface area contributed by atoms with Crippen molar-refractivity contribution in [2.24, 2.45) is 0 Å². The number of rotatable bonds is 7. The lowest BCUT2D eigenvalue weighted by Crippen LogP contribution is -2.33. The Labute approximate surface area is 182 Å². The van der Waals surface area contributed by atoms with Gasteiger partial charge in [0, 0.05) is 31.0 Å². The zero-order chi connectivity index (χ0) is 24.2. The molecule has 0 radical (unpaired) electrons. The van der Waals surface area contributed by atoms with Crippen molar-refractivity contribution in [2.45, 2.75) is 24.8 Å². The van der Waals surface area contributed by atoms with Gasteiger partial charge in [-0.25, -0.2) is 0 Å². The third-order valence-electron chi connectivity index (χ3n) is 4.39. The van der Waals surface area contributed by atoms with Crippen LogP contribution in [0.5, 0.6) is 0 Å². The number of ether oxygens (including phenoxy) is 1. The number of benzene rings is 1. The van der Waals surface area contributed by atoms with Crippen LogP contribution in [0, 0.1) is 0 Å². The van der Waals surface area contributed by atoms with Gasteiger partial charge in [0.2, 0.25) is 11.7 Å². The summed E-state index contributed by atoms with van der Waals surface area (Å²) in [5.74, 6) is -2.39. The Morgan fingerprint density at radius 1 is 1.12 bits per heavy atom. The van der Waals surface area contributed by atoms with Gasteiger partial charge in [-0.15, -0.1) is 0 Å². The molecule has 0 bridgehead atoms. The van der Waals surface area contributed by atoms with Gasteiger partial charge in [-0.1, -0.05) is 17.3 Å². The minimum absolute atomic E-state index is 0.00289. The molecule has 0 fully saturated rings. The van der Waals surface area contributed by atoms with E-state index in [1.54, 1.807) is 0 Å². The number of methoxy groups -OCH3 is 1. The Morgan fingerprint density at radius 3 is 2.45 bits per heavy atom. The monoisotopic (exact) mass is 474 g/mol. The molecule has 0 saturated heterocycles. The number of hydrogen-bond donors (Lipinski definition) is 1. The first-order chi connectivity index (χ1) is 15.5. The quantitative estimate of drug-likeness (QED) is 0.516. The molecule has 0 aliphatic heterocycles. The summed E-state index contributed by atoms with van der Waals surface area (Å²) in [5, 5.41) is 5.85. The van der Waals surface area contributed by atoms with E-state index < -0.39 is 35.8 Å². The maximum atomic E-state index is 13.1. The first-order valence-corrected chi connectivity index (χ1v) is 9.29. The van der Waals surface area contributed by atoms with Gasteiger partial charge in [-0.3, -0.25) is 9.78 Å². The Morgan fingerprint density at radius 2 is 1.88 bits per heavy atom. The summed E-state index contributed by atoms with van der Waals surface area (Å²) in [6.07, 6.45) is -8.17. The molecule has 1 N–H and O–H groups in total. The smallest absolute Gasteiger partial charge is 0.375 e. The van der Waals surface area contributed by atoms with Gasteiger partial charge < -0.3 is 14.6 Å². The van der Waals surface area contributed by atoms with E-state index in [-0.39, 0.29) is 30.0 Å². The van der Waals surface area contributed by atoms with Crippen molar-refractivity contribution >= 4 is 5.91 Å². The van der Waals surface area contributed by atoms with Crippen LogP contribution in [-0.2, 0) is 28.3 Å². The van der Waals surface area contributed by atoms with E-state index in [4.69, 9.17) is 4.74 Å². The normalized spacial score (nSPS) is 13.1. The van der Waals surface area contributed by atoms with Crippen molar-refractivity contribution in [3.05, 3.63) is 65.3 Å². The van der Waals surface area contributed by atoms with Crippen molar-refractivity contribution in [3.63, 3.8) is 0 Å². The van der Waals surface area contributed by atoms with E-state index in [1.807, 2.05) is 0 Å². The average molecular weight is 474 g/mol. The van der Waals surface area contributed by atoms with Crippen LogP contribution < -0.4 is 5.32 Å². The topological polar surface area (TPSA) is 90.1 Å². The Hall–Kier alpha value is -3.48. The Bertz CT molecular complexity index is 1100. The fraction of sp³-hybridized carbons (Fsp3) is 0.300. The van der Waals surface area contributed by atoms with E-state index in [2.05, 4.69) is 25.0 Å². The molecule has 1 atom stereocenters. The SMILES string of the molecule is COCC(=O)NC(Cc1ccc(-c2noc(C(F)(F)F)n2)cn1)c1cccc(C(F)(F)F)c1. The van der Waals surface area contributed by atoms with Gasteiger partial charge in [-0.05, 0) is 29.8 Å². The Balaban J connectivity index is 1.84. The predicted octanol–water partition coefficient (Wildman–Crippen LogP) is 4.22. The van der Waals surface area contributed by atoms with Crippen LogP contribution in [0.25, 0.3) is 11.4 Å². The van der Waals surface area contributed by atoms with E-state index in [0.29, 0.717) is 5.69 Å². The summed E-state index contributed by atoms with van der Waals surface area (Å²) in [7, 11) is 1.29. The molecule has 0 saturated carbocycles. The maximum Gasteiger partial charge on any atom is 0.471 e. The third kappa shape index (κ3) is 6.28. The van der Waals surface area contributed by atoms with Crippen molar-refractivity contribution in [1.82, 2.24) is 20.4 Å². The molecular weight excluding hydrogens is 458 g/mol. The number of carbonyl (C=O) groups is 1. The highest BCUT2D eigenvalue weighted by Gasteiger charge is 2.38. The summed E-state index contributed by atoms with van der Waals surface area (Å²) in [6, 6.07) is 6.41. The highest BCUT2D eigenvalue weighted by molar-refractivity contribution is 5.77. The lowest BCUT2D eigenvalue weighted by Gasteiger charge is -2.20. The molecule has 1 amide bonds. The molecule has 33 heavy (non-hydrogen) atoms. The summed E-state index contributed by atoms with van der Waals surface area (Å²) in [5.41, 5.74) is -0.213. The van der Waals surface area contributed by atoms with Gasteiger partial charge in [0.1, 0.15) is 6.61 Å². The zero-order valence-electron chi connectivity index (χ0n) is 16.9. The zero-order valence-corrected chi connectivity index (χ0v) is 16.9. The summed E-state index contributed by atoms with van der Waals surface area (Å²) in [6.45, 7) is -0.304. The molecule has 2 heterocycles. The minimum atomic E-state index is -4.79. The first kappa shape index (κ1) is 24.2. The molecule has 3 rings (SSSR count). The molecule has 0 aliphatic rings. The predicted molar refractivity (Wildman–Crippen MR) is 100 cm³/mol. The summed E-state index contributed by atoms with van der Waals surface area (Å²) in [4.78, 5) is 19.4. The molecule has 7 nitrogen and oxygen atoms in total. The van der Waals surface area contributed by atoms with Gasteiger partial charge in [0.15, 0.2) is 0 Å². The van der Waals surface area contributed by atoms with E-state index in [9.17, 15) is 31.1 Å². The summed E-state index contributed by atoms with van der Waals surface area (Å²) < 4.78 is 86.1. The molecule has 176 valence electrons. The number of nitrogens with one attached hydrogen (secondary N) is 1. The van der Waals surface area contributed by atoms with Gasteiger partial charge in [0.05, 0.1) is 11.6 Å². The molecule has 2 aromatic heterocycles. The number of amides is 1. The van der Waals surface area contributed by atoms with E-state index in [1.165, 1.54) is 37.6 Å². The number of alkyl halides is 6. The molecule has 0 aliphatic carbocycles. The van der Waals surface area contributed by atoms with Crippen molar-refractivity contribution in [3.8, 4) is 11.4 Å². The van der Waals surface area contributed by atoms with Crippen LogP contribution in [0.4, 0.5) is 26.3 Å². The highest BCUT2D eigenvalue weighted by Crippen LogP contribution is 2.32. The van der Waals surface area contributed by atoms with Crippen molar-refractivity contribution in [1.29, 1.82) is 0 Å². The van der Waals surface area contributed by atoms with Gasteiger partial charge in [0.25, 0.3) is 0 Å². The van der Waals surface area contributed by atoms with Crippen LogP contribution in [0.3, 0.4) is 0 Å². The van der Waals surface area contributed by atoms with Crippen LogP contribution in [0.2, 0.25) is 0 Å². The standard InChI is InChI=1S/C20H16F6N4O3/c1-32-10-16(31)28-15(11-3-2-4-13(7-11)19(21,22)23)8-14-6-5-12(9-27-14)17-29-18(33-30-17)20(24,25)26/h2-7,9,15H,8,10H2,1H3,(H,28,31). The molecule has 3 aromatic rings. The van der Waals surface area contributed by atoms with Crippen molar-refractivity contribution < 1.29 is 40.4 Å². The van der Waals surface area contributed by atoms with E-state index in [0.717, 1.165) is 12.1 Å². The fourth-order valence-electron chi connectivity index (χ4n) is 2.89. The molecule has 1 aromatic carbocycles. The van der Waals surface area contributed by atoms with E-state index >= 15 is 0 Å². The highest BCUT2D eigenvalue weighted by atomic mass is 19.4. The van der Waals surface area contributed by atoms with Crippen molar-refractivity contribution in [2.75, 3.05) is 13.7 Å². The molecule has 0 spiro atoms. The largest absolute Gasteiger partial charge is 0.471 e. The number of pyridine rings is 1. The number of hydrogen-bond acceptors (Lipinski definition) is 6. The van der Waals surface area contributed by atoms with Crippen LogP contribution in [0.1, 0.15) is 28.8 Å². The van der Waals surface area contributed by atoms with Gasteiger partial charge in [-0.2, -0.15) is 31.3 Å². The first-order valence-electron chi connectivity index (χ1n) is 9.29. The maximum absolute atomic E-state index is 13.1. The average Bonchev–Trinajstić information content (AvgIpc) is 3.24. The number of aromatic nitrogens is 3. The van der Waals surface area contributed by atoms with Crippen LogP contribution >= 0.6 is 0 Å². The lowest BCUT2D eigenvalue weighted by molar-refractivity contribution is -0.159. The Kier molecular flexibility index (Phi) is 7.01. The van der Waals surface area contributed by atoms with Gasteiger partial charge >= 0.3 is 18.2 Å². The fourth-order valence-corrected chi connectivity index (χ4v) is 2.89. The number of nitrogens with zero attached hydrogens (tertiary/aromatic N) is 3. The molecule has 1 unspecified atom stereocenters. The second kappa shape index (κ2) is 9.57. The summed E-state index contributed by atoms with van der Waals surface area (Å²) >= 11 is 0. The third-order valence-corrected chi connectivity index (χ3v) is 4.39. The molecular formula is C20H16F6N4O3. The lowest BCUT2D eigenvalue weighted by atomic mass is 9.99. The second-order valence-electron chi connectivity index (χ2n) is 6.84. The minimum Gasteiger partial charge on any atom is -0.375 e. The van der Waals surface area contributed by atoms with Crippen LogP contribution in [-0.4, -0.2) is 34.7 Å². The second-order valence-corrected chi connectivity index (χ2v) is 6.84. The number of carbonyl (C=O) groups excluding carboxylic acids is 1. The van der Waals surface area contributed by atoms with Crippen LogP contribution in [0.15, 0.2) is 47.1 Å². The molecule has 13 heteroatoms. The number of halogens is 6.